The smallest absolute Gasteiger partial charge is 0.254 e. The van der Waals surface area contributed by atoms with Gasteiger partial charge in [0, 0.05) is 18.7 Å². The van der Waals surface area contributed by atoms with E-state index in [4.69, 9.17) is 0 Å². The van der Waals surface area contributed by atoms with Crippen LogP contribution < -0.4 is 4.90 Å². The van der Waals surface area contributed by atoms with Gasteiger partial charge in [-0.15, -0.1) is 0 Å². The minimum atomic E-state index is -0.632. The first-order chi connectivity index (χ1) is 11.5. The maximum Gasteiger partial charge on any atom is 0.254 e. The number of para-hydroxylation sites is 1. The van der Waals surface area contributed by atoms with Crippen molar-refractivity contribution in [1.29, 1.82) is 0 Å². The van der Waals surface area contributed by atoms with Crippen LogP contribution in [0.4, 0.5) is 10.1 Å². The first-order valence-electron chi connectivity index (χ1n) is 7.92. The molecule has 1 fully saturated rings. The standard InChI is InChI=1S/C19H19FN2O2/c1-13-7-9-15(10-8-13)19(24)21-11-12-22(18(23)14(21)2)17-6-4-3-5-16(17)20/h3-10,14H,11-12H2,1-2H3/t14-/m1/s1. The Morgan fingerprint density at radius 1 is 1.08 bits per heavy atom. The number of hydrogen-bond donors (Lipinski definition) is 0. The van der Waals surface area contributed by atoms with Gasteiger partial charge in [-0.25, -0.2) is 4.39 Å². The third kappa shape index (κ3) is 2.89. The molecule has 1 atom stereocenters. The van der Waals surface area contributed by atoms with Crippen LogP contribution in [0.1, 0.15) is 22.8 Å². The second-order valence-corrected chi connectivity index (χ2v) is 5.98. The van der Waals surface area contributed by atoms with Gasteiger partial charge < -0.3 is 9.80 Å². The van der Waals surface area contributed by atoms with Crippen LogP contribution in [0.25, 0.3) is 0 Å². The molecule has 3 rings (SSSR count). The second-order valence-electron chi connectivity index (χ2n) is 5.98. The number of carbonyl (C=O) groups is 2. The Balaban J connectivity index is 1.81. The van der Waals surface area contributed by atoms with Gasteiger partial charge >= 0.3 is 0 Å². The Bertz CT molecular complexity index is 773. The normalized spacial score (nSPS) is 18.0. The Labute approximate surface area is 140 Å². The van der Waals surface area contributed by atoms with Crippen molar-refractivity contribution in [3.63, 3.8) is 0 Å². The summed E-state index contributed by atoms with van der Waals surface area (Å²) in [6, 6.07) is 12.8. The highest BCUT2D eigenvalue weighted by Gasteiger charge is 2.36. The van der Waals surface area contributed by atoms with Gasteiger partial charge in [0.05, 0.1) is 5.69 Å². The zero-order chi connectivity index (χ0) is 17.3. The molecule has 0 unspecified atom stereocenters. The minimum absolute atomic E-state index is 0.177. The molecule has 2 amide bonds. The molecule has 0 radical (unpaired) electrons. The van der Waals surface area contributed by atoms with E-state index in [1.54, 1.807) is 42.2 Å². The van der Waals surface area contributed by atoms with Crippen molar-refractivity contribution in [3.8, 4) is 0 Å². The molecule has 0 spiro atoms. The molecule has 2 aromatic carbocycles. The quantitative estimate of drug-likeness (QED) is 0.851. The summed E-state index contributed by atoms with van der Waals surface area (Å²) in [6.07, 6.45) is 0. The maximum absolute atomic E-state index is 14.0. The molecule has 1 heterocycles. The number of benzene rings is 2. The average Bonchev–Trinajstić information content (AvgIpc) is 2.58. The van der Waals surface area contributed by atoms with Crippen molar-refractivity contribution in [2.24, 2.45) is 0 Å². The molecular weight excluding hydrogens is 307 g/mol. The van der Waals surface area contributed by atoms with E-state index >= 15 is 0 Å². The molecule has 2 aromatic rings. The van der Waals surface area contributed by atoms with Crippen LogP contribution >= 0.6 is 0 Å². The summed E-state index contributed by atoms with van der Waals surface area (Å²) >= 11 is 0. The number of rotatable bonds is 2. The molecule has 24 heavy (non-hydrogen) atoms. The summed E-state index contributed by atoms with van der Waals surface area (Å²) in [5.41, 5.74) is 1.89. The largest absolute Gasteiger partial charge is 0.325 e. The maximum atomic E-state index is 14.0. The van der Waals surface area contributed by atoms with Crippen molar-refractivity contribution in [3.05, 3.63) is 65.5 Å². The molecule has 5 heteroatoms. The van der Waals surface area contributed by atoms with Gasteiger partial charge in [-0.05, 0) is 38.1 Å². The Hall–Kier alpha value is -2.69. The highest BCUT2D eigenvalue weighted by Crippen LogP contribution is 2.24. The summed E-state index contributed by atoms with van der Waals surface area (Å²) < 4.78 is 14.0. The fraction of sp³-hybridized carbons (Fsp3) is 0.263. The Morgan fingerprint density at radius 2 is 1.75 bits per heavy atom. The first kappa shape index (κ1) is 16.2. The summed E-state index contributed by atoms with van der Waals surface area (Å²) in [5, 5.41) is 0. The van der Waals surface area contributed by atoms with Crippen molar-refractivity contribution in [2.45, 2.75) is 19.9 Å². The highest BCUT2D eigenvalue weighted by molar-refractivity contribution is 6.03. The third-order valence-electron chi connectivity index (χ3n) is 4.36. The number of halogens is 1. The van der Waals surface area contributed by atoms with Crippen LogP contribution in [0.15, 0.2) is 48.5 Å². The van der Waals surface area contributed by atoms with Crippen molar-refractivity contribution in [1.82, 2.24) is 4.90 Å². The van der Waals surface area contributed by atoms with Crippen molar-refractivity contribution >= 4 is 17.5 Å². The SMILES string of the molecule is Cc1ccc(C(=O)N2CCN(c3ccccc3F)C(=O)[C@H]2C)cc1. The number of amides is 2. The van der Waals surface area contributed by atoms with Gasteiger partial charge in [0.15, 0.2) is 0 Å². The van der Waals surface area contributed by atoms with Crippen LogP contribution in [0.3, 0.4) is 0 Å². The second kappa shape index (κ2) is 6.43. The van der Waals surface area contributed by atoms with Crippen molar-refractivity contribution in [2.75, 3.05) is 18.0 Å². The summed E-state index contributed by atoms with van der Waals surface area (Å²) in [4.78, 5) is 28.3. The zero-order valence-corrected chi connectivity index (χ0v) is 13.7. The Morgan fingerprint density at radius 3 is 2.42 bits per heavy atom. The average molecular weight is 326 g/mol. The molecule has 124 valence electrons. The van der Waals surface area contributed by atoms with E-state index in [1.165, 1.54) is 11.0 Å². The van der Waals surface area contributed by atoms with E-state index in [9.17, 15) is 14.0 Å². The van der Waals surface area contributed by atoms with Crippen LogP contribution in [0.5, 0.6) is 0 Å². The lowest BCUT2D eigenvalue weighted by molar-refractivity contribution is -0.124. The van der Waals surface area contributed by atoms with Gasteiger partial charge in [0.25, 0.3) is 5.91 Å². The fourth-order valence-electron chi connectivity index (χ4n) is 2.92. The molecule has 1 aliphatic heterocycles. The summed E-state index contributed by atoms with van der Waals surface area (Å²) in [6.45, 7) is 4.28. The number of piperazine rings is 1. The number of anilines is 1. The fourth-order valence-corrected chi connectivity index (χ4v) is 2.92. The lowest BCUT2D eigenvalue weighted by Crippen LogP contribution is -2.58. The number of nitrogens with zero attached hydrogens (tertiary/aromatic N) is 2. The molecular formula is C19H19FN2O2. The van der Waals surface area contributed by atoms with Gasteiger partial charge in [0.1, 0.15) is 11.9 Å². The topological polar surface area (TPSA) is 40.6 Å². The van der Waals surface area contributed by atoms with Crippen LogP contribution in [0, 0.1) is 12.7 Å². The number of aryl methyl sites for hydroxylation is 1. The molecule has 4 nitrogen and oxygen atoms in total. The van der Waals surface area contributed by atoms with Crippen LogP contribution in [-0.4, -0.2) is 35.8 Å². The molecule has 0 saturated carbocycles. The summed E-state index contributed by atoms with van der Waals surface area (Å²) in [7, 11) is 0. The van der Waals surface area contributed by atoms with Crippen LogP contribution in [-0.2, 0) is 4.79 Å². The highest BCUT2D eigenvalue weighted by atomic mass is 19.1. The van der Waals surface area contributed by atoms with E-state index in [2.05, 4.69) is 0 Å². The molecule has 1 saturated heterocycles. The third-order valence-corrected chi connectivity index (χ3v) is 4.36. The van der Waals surface area contributed by atoms with Crippen molar-refractivity contribution < 1.29 is 14.0 Å². The van der Waals surface area contributed by atoms with Crippen LogP contribution in [0.2, 0.25) is 0 Å². The predicted octanol–water partition coefficient (Wildman–Crippen LogP) is 3.01. The number of hydrogen-bond acceptors (Lipinski definition) is 2. The van der Waals surface area contributed by atoms with Gasteiger partial charge in [0.2, 0.25) is 5.91 Å². The lowest BCUT2D eigenvalue weighted by Gasteiger charge is -2.39. The molecule has 1 aliphatic rings. The Kier molecular flexibility index (Phi) is 4.34. The van der Waals surface area contributed by atoms with E-state index in [1.807, 2.05) is 19.1 Å². The van der Waals surface area contributed by atoms with E-state index in [0.29, 0.717) is 12.1 Å². The number of carbonyl (C=O) groups excluding carboxylic acids is 2. The molecule has 0 aromatic heterocycles. The monoisotopic (exact) mass is 326 g/mol. The minimum Gasteiger partial charge on any atom is -0.325 e. The van der Waals surface area contributed by atoms with E-state index in [0.717, 1.165) is 5.56 Å². The van der Waals surface area contributed by atoms with Gasteiger partial charge in [-0.1, -0.05) is 29.8 Å². The lowest BCUT2D eigenvalue weighted by atomic mass is 10.1. The first-order valence-corrected chi connectivity index (χ1v) is 7.92. The van der Waals surface area contributed by atoms with Gasteiger partial charge in [-0.3, -0.25) is 9.59 Å². The zero-order valence-electron chi connectivity index (χ0n) is 13.7. The molecule has 0 aliphatic carbocycles. The summed E-state index contributed by atoms with van der Waals surface area (Å²) in [5.74, 6) is -0.882. The molecule has 0 bridgehead atoms. The van der Waals surface area contributed by atoms with E-state index in [-0.39, 0.29) is 24.0 Å². The van der Waals surface area contributed by atoms with E-state index < -0.39 is 11.9 Å². The molecule has 0 N–H and O–H groups in total. The predicted molar refractivity (Wildman–Crippen MR) is 90.4 cm³/mol. The van der Waals surface area contributed by atoms with Gasteiger partial charge in [-0.2, -0.15) is 0 Å².